The Labute approximate surface area is 101 Å². The number of aromatic nitrogens is 2. The average molecular weight is 237 g/mol. The minimum absolute atomic E-state index is 0.0812. The van der Waals surface area contributed by atoms with E-state index in [0.717, 1.165) is 25.0 Å². The van der Waals surface area contributed by atoms with Crippen LogP contribution in [0.4, 0.5) is 0 Å². The number of hydrogen-bond donors (Lipinski definition) is 3. The van der Waals surface area contributed by atoms with Gasteiger partial charge in [0.05, 0.1) is 6.33 Å². The average Bonchev–Trinajstić information content (AvgIpc) is 2.77. The first kappa shape index (κ1) is 13.2. The normalized spacial score (nSPS) is 11.5. The molecule has 1 amide bonds. The van der Waals surface area contributed by atoms with Gasteiger partial charge in [-0.3, -0.25) is 15.1 Å². The monoisotopic (exact) mass is 237 g/mol. The highest BCUT2D eigenvalue weighted by Crippen LogP contribution is 1.96. The highest BCUT2D eigenvalue weighted by Gasteiger charge is 2.00. The zero-order valence-corrected chi connectivity index (χ0v) is 10.1. The minimum Gasteiger partial charge on any atom is -0.370 e. The summed E-state index contributed by atoms with van der Waals surface area (Å²) in [5.41, 5.74) is 6.64. The molecule has 17 heavy (non-hydrogen) atoms. The molecule has 1 rings (SSSR count). The fraction of sp³-hybridized carbons (Fsp3) is 0.545. The van der Waals surface area contributed by atoms with Gasteiger partial charge in [0.15, 0.2) is 5.96 Å². The van der Waals surface area contributed by atoms with E-state index in [1.807, 2.05) is 6.92 Å². The standard InChI is InChI=1S/C11H19N5O/c1-2-4-10(17)16-11(12)14-6-3-5-9-7-13-8-15-9/h7-8H,2-6H2,1H3,(H,13,15)(H3,12,14,16,17). The Kier molecular flexibility index (Phi) is 5.77. The predicted molar refractivity (Wildman–Crippen MR) is 66.4 cm³/mol. The lowest BCUT2D eigenvalue weighted by molar-refractivity contribution is -0.119. The van der Waals surface area contributed by atoms with Crippen molar-refractivity contribution in [1.82, 2.24) is 15.3 Å². The van der Waals surface area contributed by atoms with Crippen LogP contribution in [0.2, 0.25) is 0 Å². The van der Waals surface area contributed by atoms with Gasteiger partial charge in [-0.1, -0.05) is 6.92 Å². The van der Waals surface area contributed by atoms with Gasteiger partial charge in [-0.15, -0.1) is 0 Å². The summed E-state index contributed by atoms with van der Waals surface area (Å²) in [6.07, 6.45) is 6.46. The zero-order chi connectivity index (χ0) is 12.5. The van der Waals surface area contributed by atoms with Crippen molar-refractivity contribution in [3.05, 3.63) is 18.2 Å². The van der Waals surface area contributed by atoms with Crippen molar-refractivity contribution < 1.29 is 4.79 Å². The van der Waals surface area contributed by atoms with Gasteiger partial charge in [-0.05, 0) is 19.3 Å². The van der Waals surface area contributed by atoms with E-state index in [9.17, 15) is 4.79 Å². The first-order chi connectivity index (χ1) is 8.22. The molecule has 0 atom stereocenters. The molecule has 0 aliphatic carbocycles. The van der Waals surface area contributed by atoms with Crippen LogP contribution in [0.1, 0.15) is 31.9 Å². The van der Waals surface area contributed by atoms with Crippen molar-refractivity contribution in [2.45, 2.75) is 32.6 Å². The number of nitrogens with zero attached hydrogens (tertiary/aromatic N) is 2. The first-order valence-electron chi connectivity index (χ1n) is 5.79. The maximum absolute atomic E-state index is 11.2. The van der Waals surface area contributed by atoms with Crippen LogP contribution in [0.3, 0.4) is 0 Å². The molecule has 0 radical (unpaired) electrons. The number of carbonyl (C=O) groups excluding carboxylic acids is 1. The fourth-order valence-electron chi connectivity index (χ4n) is 1.36. The number of H-pyrrole nitrogens is 1. The first-order valence-corrected chi connectivity index (χ1v) is 5.79. The Morgan fingerprint density at radius 2 is 2.47 bits per heavy atom. The van der Waals surface area contributed by atoms with Gasteiger partial charge in [0, 0.05) is 24.9 Å². The summed E-state index contributed by atoms with van der Waals surface area (Å²) in [4.78, 5) is 22.2. The Morgan fingerprint density at radius 3 is 3.12 bits per heavy atom. The summed E-state index contributed by atoms with van der Waals surface area (Å²) >= 11 is 0. The Balaban J connectivity index is 2.17. The molecule has 0 aliphatic rings. The van der Waals surface area contributed by atoms with E-state index in [-0.39, 0.29) is 11.9 Å². The number of hydrogen-bond acceptors (Lipinski definition) is 3. The number of rotatable bonds is 6. The number of amides is 1. The molecule has 4 N–H and O–H groups in total. The maximum atomic E-state index is 11.2. The molecule has 1 aromatic rings. The van der Waals surface area contributed by atoms with Gasteiger partial charge in [0.2, 0.25) is 5.91 Å². The lowest BCUT2D eigenvalue weighted by atomic mass is 10.2. The molecular weight excluding hydrogens is 218 g/mol. The second kappa shape index (κ2) is 7.43. The lowest BCUT2D eigenvalue weighted by Crippen LogP contribution is -2.36. The van der Waals surface area contributed by atoms with Crippen LogP contribution in [-0.4, -0.2) is 28.4 Å². The minimum atomic E-state index is -0.0812. The van der Waals surface area contributed by atoms with Crippen molar-refractivity contribution in [3.63, 3.8) is 0 Å². The van der Waals surface area contributed by atoms with Crippen LogP contribution in [0, 0.1) is 0 Å². The Morgan fingerprint density at radius 1 is 1.65 bits per heavy atom. The second-order valence-corrected chi connectivity index (χ2v) is 3.75. The molecule has 0 spiro atoms. The molecule has 6 nitrogen and oxygen atoms in total. The largest absolute Gasteiger partial charge is 0.370 e. The Bertz CT molecular complexity index is 358. The number of carbonyl (C=O) groups is 1. The number of aromatic amines is 1. The molecule has 0 aromatic carbocycles. The van der Waals surface area contributed by atoms with Crippen molar-refractivity contribution in [1.29, 1.82) is 0 Å². The lowest BCUT2D eigenvalue weighted by Gasteiger charge is -2.02. The van der Waals surface area contributed by atoms with Gasteiger partial charge >= 0.3 is 0 Å². The van der Waals surface area contributed by atoms with Gasteiger partial charge in [0.1, 0.15) is 0 Å². The molecule has 0 bridgehead atoms. The maximum Gasteiger partial charge on any atom is 0.226 e. The van der Waals surface area contributed by atoms with E-state index in [2.05, 4.69) is 20.3 Å². The second-order valence-electron chi connectivity index (χ2n) is 3.75. The van der Waals surface area contributed by atoms with Crippen LogP contribution < -0.4 is 11.1 Å². The van der Waals surface area contributed by atoms with Crippen LogP contribution in [0.15, 0.2) is 17.5 Å². The van der Waals surface area contributed by atoms with E-state index < -0.39 is 0 Å². The number of nitrogens with two attached hydrogens (primary N) is 1. The molecular formula is C11H19N5O. The predicted octanol–water partition coefficient (Wildman–Crippen LogP) is 0.573. The summed E-state index contributed by atoms with van der Waals surface area (Å²) in [5, 5.41) is 2.54. The number of nitrogens with one attached hydrogen (secondary N) is 2. The van der Waals surface area contributed by atoms with Crippen LogP contribution in [0.5, 0.6) is 0 Å². The topological polar surface area (TPSA) is 96.2 Å². The third-order valence-corrected chi connectivity index (χ3v) is 2.19. The van der Waals surface area contributed by atoms with Gasteiger partial charge in [-0.25, -0.2) is 4.98 Å². The Hall–Kier alpha value is -1.85. The molecule has 0 saturated heterocycles. The molecule has 94 valence electrons. The highest BCUT2D eigenvalue weighted by molar-refractivity contribution is 5.96. The third kappa shape index (κ3) is 5.70. The van der Waals surface area contributed by atoms with E-state index >= 15 is 0 Å². The summed E-state index contributed by atoms with van der Waals surface area (Å²) in [5.74, 6) is 0.121. The van der Waals surface area contributed by atoms with Crippen molar-refractivity contribution >= 4 is 11.9 Å². The molecule has 1 heterocycles. The van der Waals surface area contributed by atoms with Crippen LogP contribution in [0.25, 0.3) is 0 Å². The summed E-state index contributed by atoms with van der Waals surface area (Å²) in [6, 6.07) is 0. The summed E-state index contributed by atoms with van der Waals surface area (Å²) in [6.45, 7) is 2.54. The summed E-state index contributed by atoms with van der Waals surface area (Å²) in [7, 11) is 0. The zero-order valence-electron chi connectivity index (χ0n) is 10.1. The van der Waals surface area contributed by atoms with E-state index in [4.69, 9.17) is 5.73 Å². The fourth-order valence-corrected chi connectivity index (χ4v) is 1.36. The number of imidazole rings is 1. The van der Waals surface area contributed by atoms with E-state index in [1.165, 1.54) is 0 Å². The van der Waals surface area contributed by atoms with Crippen molar-refractivity contribution in [2.75, 3.05) is 6.54 Å². The van der Waals surface area contributed by atoms with E-state index in [1.54, 1.807) is 12.5 Å². The number of aliphatic imine (C=N–C) groups is 1. The van der Waals surface area contributed by atoms with Crippen molar-refractivity contribution in [3.8, 4) is 0 Å². The molecule has 1 aromatic heterocycles. The number of aryl methyl sites for hydroxylation is 1. The molecule has 6 heteroatoms. The highest BCUT2D eigenvalue weighted by atomic mass is 16.1. The van der Waals surface area contributed by atoms with Crippen LogP contribution in [-0.2, 0) is 11.2 Å². The van der Waals surface area contributed by atoms with Crippen LogP contribution >= 0.6 is 0 Å². The third-order valence-electron chi connectivity index (χ3n) is 2.19. The molecule has 0 aliphatic heterocycles. The van der Waals surface area contributed by atoms with Gasteiger partial charge < -0.3 is 10.7 Å². The molecule has 0 saturated carbocycles. The SMILES string of the molecule is CCCC(=O)NC(N)=NCCCc1cnc[nH]1. The quantitative estimate of drug-likeness (QED) is 0.383. The van der Waals surface area contributed by atoms with Gasteiger partial charge in [-0.2, -0.15) is 0 Å². The van der Waals surface area contributed by atoms with Gasteiger partial charge in [0.25, 0.3) is 0 Å². The number of guanidine groups is 1. The smallest absolute Gasteiger partial charge is 0.226 e. The van der Waals surface area contributed by atoms with Crippen molar-refractivity contribution in [2.24, 2.45) is 10.7 Å². The summed E-state index contributed by atoms with van der Waals surface area (Å²) < 4.78 is 0. The van der Waals surface area contributed by atoms with E-state index in [0.29, 0.717) is 13.0 Å². The molecule has 0 fully saturated rings. The molecule has 0 unspecified atom stereocenters.